The average molecular weight is 294 g/mol. The molecule has 0 radical (unpaired) electrons. The molecule has 1 N–H and O–H groups in total. The third-order valence-corrected chi connectivity index (χ3v) is 5.35. The Kier molecular flexibility index (Phi) is 3.77. The Labute approximate surface area is 123 Å². The fraction of sp³-hybridized carbons (Fsp3) is 0.786. The van der Waals surface area contributed by atoms with E-state index in [1.54, 1.807) is 0 Å². The lowest BCUT2D eigenvalue weighted by molar-refractivity contribution is -0.121. The number of aromatic nitrogens is 2. The van der Waals surface area contributed by atoms with Gasteiger partial charge in [0.25, 0.3) is 0 Å². The molecule has 1 saturated carbocycles. The maximum atomic E-state index is 12.9. The molecule has 2 heterocycles. The van der Waals surface area contributed by atoms with Gasteiger partial charge >= 0.3 is 0 Å². The Balaban J connectivity index is 2.00. The van der Waals surface area contributed by atoms with Crippen LogP contribution in [0.5, 0.6) is 0 Å². The van der Waals surface area contributed by atoms with Crippen molar-refractivity contribution in [2.24, 2.45) is 11.8 Å². The van der Waals surface area contributed by atoms with Crippen LogP contribution in [0.2, 0.25) is 0 Å². The molecule has 6 heteroatoms. The van der Waals surface area contributed by atoms with Gasteiger partial charge in [-0.1, -0.05) is 13.3 Å². The monoisotopic (exact) mass is 294 g/mol. The molecule has 2 aliphatic rings. The molecule has 0 aromatic carbocycles. The Morgan fingerprint density at radius 3 is 2.85 bits per heavy atom. The zero-order valence-electron chi connectivity index (χ0n) is 12.3. The van der Waals surface area contributed by atoms with E-state index in [0.717, 1.165) is 17.8 Å². The van der Waals surface area contributed by atoms with Crippen LogP contribution in [0.4, 0.5) is 5.95 Å². The van der Waals surface area contributed by atoms with Crippen LogP contribution >= 0.6 is 11.5 Å². The Morgan fingerprint density at radius 2 is 2.20 bits per heavy atom. The predicted molar refractivity (Wildman–Crippen MR) is 79.9 cm³/mol. The molecule has 1 aromatic heterocycles. The van der Waals surface area contributed by atoms with Crippen molar-refractivity contribution < 1.29 is 4.79 Å². The lowest BCUT2D eigenvalue weighted by Gasteiger charge is -2.29. The smallest absolute Gasteiger partial charge is 0.247 e. The van der Waals surface area contributed by atoms with Gasteiger partial charge in [0.2, 0.25) is 11.9 Å². The van der Waals surface area contributed by atoms with E-state index in [9.17, 15) is 4.79 Å². The van der Waals surface area contributed by atoms with Crippen LogP contribution in [0.1, 0.15) is 37.6 Å². The van der Waals surface area contributed by atoms with E-state index in [4.69, 9.17) is 0 Å². The van der Waals surface area contributed by atoms with E-state index in [1.165, 1.54) is 24.4 Å². The minimum absolute atomic E-state index is 0.121. The lowest BCUT2D eigenvalue weighted by atomic mass is 9.90. The number of hydrogen-bond donors (Lipinski definition) is 1. The van der Waals surface area contributed by atoms with E-state index in [-0.39, 0.29) is 18.0 Å². The van der Waals surface area contributed by atoms with Crippen LogP contribution in [0.15, 0.2) is 0 Å². The second-order valence-corrected chi connectivity index (χ2v) is 7.02. The molecule has 3 rings (SSSR count). The summed E-state index contributed by atoms with van der Waals surface area (Å²) in [7, 11) is 1.87. The normalized spacial score (nSPS) is 34.1. The van der Waals surface area contributed by atoms with E-state index in [1.807, 2.05) is 18.9 Å². The first kappa shape index (κ1) is 13.9. The zero-order chi connectivity index (χ0) is 14.3. The lowest BCUT2D eigenvalue weighted by Crippen LogP contribution is -2.50. The van der Waals surface area contributed by atoms with Crippen molar-refractivity contribution in [2.75, 3.05) is 11.9 Å². The van der Waals surface area contributed by atoms with Crippen molar-refractivity contribution in [2.45, 2.75) is 51.6 Å². The number of fused-ring (bicyclic) bond motifs is 1. The van der Waals surface area contributed by atoms with Crippen molar-refractivity contribution in [3.8, 4) is 0 Å². The Morgan fingerprint density at radius 1 is 1.40 bits per heavy atom. The molecule has 0 spiro atoms. The fourth-order valence-electron chi connectivity index (χ4n) is 3.84. The number of nitrogens with zero attached hydrogens (tertiary/aromatic N) is 3. The molecule has 1 aromatic rings. The third kappa shape index (κ3) is 2.24. The molecule has 1 amide bonds. The number of rotatable bonds is 2. The molecule has 4 unspecified atom stereocenters. The summed E-state index contributed by atoms with van der Waals surface area (Å²) in [4.78, 5) is 19.3. The molecule has 4 atom stereocenters. The van der Waals surface area contributed by atoms with Gasteiger partial charge in [0.15, 0.2) is 0 Å². The van der Waals surface area contributed by atoms with Gasteiger partial charge in [0.1, 0.15) is 5.01 Å². The van der Waals surface area contributed by atoms with Gasteiger partial charge in [0, 0.05) is 6.04 Å². The summed E-state index contributed by atoms with van der Waals surface area (Å²) in [5.41, 5.74) is 0. The summed E-state index contributed by atoms with van der Waals surface area (Å²) < 4.78 is 4.39. The second kappa shape index (κ2) is 5.41. The second-order valence-electron chi connectivity index (χ2n) is 6.06. The summed E-state index contributed by atoms with van der Waals surface area (Å²) in [6, 6.07) is 0.168. The number of carbonyl (C=O) groups is 1. The number of aryl methyl sites for hydroxylation is 1. The average Bonchev–Trinajstić information content (AvgIpc) is 2.99. The van der Waals surface area contributed by atoms with Gasteiger partial charge < -0.3 is 5.32 Å². The minimum Gasteiger partial charge on any atom is -0.309 e. The highest BCUT2D eigenvalue weighted by molar-refractivity contribution is 7.05. The number of amides is 1. The largest absolute Gasteiger partial charge is 0.309 e. The number of nitrogens with one attached hydrogen (secondary N) is 1. The maximum Gasteiger partial charge on any atom is 0.247 e. The van der Waals surface area contributed by atoms with Crippen molar-refractivity contribution in [3.63, 3.8) is 0 Å². The van der Waals surface area contributed by atoms with Crippen LogP contribution < -0.4 is 10.2 Å². The quantitative estimate of drug-likeness (QED) is 0.906. The fourth-order valence-corrected chi connectivity index (χ4v) is 4.31. The van der Waals surface area contributed by atoms with Gasteiger partial charge in [-0.3, -0.25) is 9.69 Å². The minimum atomic E-state index is -0.121. The maximum absolute atomic E-state index is 12.9. The van der Waals surface area contributed by atoms with Crippen molar-refractivity contribution in [1.82, 2.24) is 14.7 Å². The Hall–Kier alpha value is -1.01. The first-order chi connectivity index (χ1) is 9.61. The standard InChI is InChI=1S/C14H22N4OS/c1-8-7-10-5-4-6-11(10)18(13(19)12(8)15-3)14-16-9(2)20-17-14/h8,10-12,15H,4-7H2,1-3H3. The van der Waals surface area contributed by atoms with Gasteiger partial charge in [-0.25, -0.2) is 4.98 Å². The molecular formula is C14H22N4OS. The summed E-state index contributed by atoms with van der Waals surface area (Å²) in [6.07, 6.45) is 4.62. The SMILES string of the molecule is CNC1C(=O)N(c2nsc(C)n2)C2CCCC2CC1C. The summed E-state index contributed by atoms with van der Waals surface area (Å²) in [6.45, 7) is 4.12. The number of hydrogen-bond acceptors (Lipinski definition) is 5. The van der Waals surface area contributed by atoms with Crippen LogP contribution in [0.3, 0.4) is 0 Å². The molecular weight excluding hydrogens is 272 g/mol. The number of anilines is 1. The number of likely N-dealkylation sites (N-methyl/N-ethyl adjacent to an activating group) is 1. The predicted octanol–water partition coefficient (Wildman–Crippen LogP) is 1.98. The van der Waals surface area contributed by atoms with Crippen LogP contribution in [-0.2, 0) is 4.79 Å². The highest BCUT2D eigenvalue weighted by Gasteiger charge is 2.44. The summed E-state index contributed by atoms with van der Waals surface area (Å²) in [5, 5.41) is 4.11. The highest BCUT2D eigenvalue weighted by Crippen LogP contribution is 2.40. The van der Waals surface area contributed by atoms with E-state index < -0.39 is 0 Å². The first-order valence-corrected chi connectivity index (χ1v) is 8.19. The van der Waals surface area contributed by atoms with E-state index >= 15 is 0 Å². The third-order valence-electron chi connectivity index (χ3n) is 4.74. The molecule has 5 nitrogen and oxygen atoms in total. The topological polar surface area (TPSA) is 58.1 Å². The molecule has 20 heavy (non-hydrogen) atoms. The molecule has 110 valence electrons. The summed E-state index contributed by atoms with van der Waals surface area (Å²) in [5.74, 6) is 1.72. The zero-order valence-corrected chi connectivity index (χ0v) is 13.1. The number of carbonyl (C=O) groups excluding carboxylic acids is 1. The van der Waals surface area contributed by atoms with Gasteiger partial charge in [-0.05, 0) is 56.6 Å². The van der Waals surface area contributed by atoms with Gasteiger partial charge in [-0.15, -0.1) is 0 Å². The van der Waals surface area contributed by atoms with Crippen molar-refractivity contribution >= 4 is 23.4 Å². The van der Waals surface area contributed by atoms with Gasteiger partial charge in [-0.2, -0.15) is 4.37 Å². The van der Waals surface area contributed by atoms with Crippen LogP contribution in [0.25, 0.3) is 0 Å². The molecule has 1 aliphatic carbocycles. The summed E-state index contributed by atoms with van der Waals surface area (Å²) >= 11 is 1.38. The van der Waals surface area contributed by atoms with E-state index in [2.05, 4.69) is 21.6 Å². The molecule has 1 aliphatic heterocycles. The van der Waals surface area contributed by atoms with Crippen molar-refractivity contribution in [3.05, 3.63) is 5.01 Å². The van der Waals surface area contributed by atoms with Crippen LogP contribution in [0, 0.1) is 18.8 Å². The Bertz CT molecular complexity index is 503. The molecule has 0 bridgehead atoms. The molecule has 1 saturated heterocycles. The van der Waals surface area contributed by atoms with E-state index in [0.29, 0.717) is 17.8 Å². The molecule has 2 fully saturated rings. The van der Waals surface area contributed by atoms with Gasteiger partial charge in [0.05, 0.1) is 6.04 Å². The highest BCUT2D eigenvalue weighted by atomic mass is 32.1. The van der Waals surface area contributed by atoms with Crippen molar-refractivity contribution in [1.29, 1.82) is 0 Å². The van der Waals surface area contributed by atoms with Crippen LogP contribution in [-0.4, -0.2) is 34.4 Å². The first-order valence-electron chi connectivity index (χ1n) is 7.42.